The zero-order chi connectivity index (χ0) is 78.9. The molecule has 0 saturated heterocycles. The van der Waals surface area contributed by atoms with E-state index in [1.807, 2.05) is 30.4 Å². The lowest BCUT2D eigenvalue weighted by Gasteiger charge is -2.21. The van der Waals surface area contributed by atoms with Crippen LogP contribution in [0.1, 0.15) is 297 Å². The van der Waals surface area contributed by atoms with Crippen molar-refractivity contribution in [1.82, 2.24) is 0 Å². The molecule has 0 aliphatic carbocycles. The van der Waals surface area contributed by atoms with Crippen LogP contribution in [0.5, 0.6) is 0 Å². The SMILES string of the molecule is CC/C=C\C/C=C\C/C=C\C/C=C\C/C=C\CCCCCC(=O)O[C@H](COC(=O)CCC/C=C\C/C=C\C/C=C\C/C=C\CCCCC)COP(=O)(O)OC[C@H](O)COP(=O)(O)OC[C@@H](COC(=O)CC/C=C\C/C=C\C/C=C\C/C=C\C/C=C\CCCCC)OC(=O)CCCCCCC/C=C\CCCCCC. The van der Waals surface area contributed by atoms with Gasteiger partial charge >= 0.3 is 39.5 Å². The van der Waals surface area contributed by atoms with E-state index in [-0.39, 0.29) is 25.7 Å². The van der Waals surface area contributed by atoms with E-state index >= 15 is 0 Å². The number of aliphatic hydroxyl groups excluding tert-OH is 1. The Kier molecular flexibility index (Phi) is 75.0. The number of carbonyl (C=O) groups is 4. The van der Waals surface area contributed by atoms with Gasteiger partial charge in [0.15, 0.2) is 12.2 Å². The third-order valence-electron chi connectivity index (χ3n) is 16.3. The molecule has 0 aromatic carbocycles. The molecule has 0 radical (unpaired) electrons. The first-order valence-electron chi connectivity index (χ1n) is 41.0. The van der Waals surface area contributed by atoms with Crippen LogP contribution >= 0.6 is 15.6 Å². The van der Waals surface area contributed by atoms with Gasteiger partial charge in [-0.2, -0.15) is 0 Å². The van der Waals surface area contributed by atoms with Crippen molar-refractivity contribution in [3.05, 3.63) is 182 Å². The molecule has 0 rings (SSSR count). The predicted octanol–water partition coefficient (Wildman–Crippen LogP) is 24.3. The van der Waals surface area contributed by atoms with Crippen LogP contribution < -0.4 is 0 Å². The number of ether oxygens (including phenoxy) is 4. The molecule has 0 amide bonds. The third kappa shape index (κ3) is 78.3. The first-order chi connectivity index (χ1) is 52.7. The molecule has 0 aromatic heterocycles. The van der Waals surface area contributed by atoms with E-state index in [4.69, 9.17) is 37.0 Å². The minimum atomic E-state index is -5.02. The van der Waals surface area contributed by atoms with Gasteiger partial charge in [-0.15, -0.1) is 0 Å². The third-order valence-corrected chi connectivity index (χ3v) is 18.2. The molecule has 19 heteroatoms. The van der Waals surface area contributed by atoms with Gasteiger partial charge in [-0.1, -0.05) is 281 Å². The minimum Gasteiger partial charge on any atom is -0.462 e. The molecule has 0 aliphatic heterocycles. The summed E-state index contributed by atoms with van der Waals surface area (Å²) in [5.41, 5.74) is 0. The number of esters is 4. The summed E-state index contributed by atoms with van der Waals surface area (Å²) in [6.45, 7) is 4.48. The Balaban J connectivity index is 5.53. The van der Waals surface area contributed by atoms with Crippen LogP contribution in [0.25, 0.3) is 0 Å². The summed E-state index contributed by atoms with van der Waals surface area (Å²) in [4.78, 5) is 73.0. The second kappa shape index (κ2) is 79.3. The highest BCUT2D eigenvalue weighted by molar-refractivity contribution is 7.47. The van der Waals surface area contributed by atoms with Crippen LogP contribution in [-0.4, -0.2) is 96.7 Å². The van der Waals surface area contributed by atoms with Crippen molar-refractivity contribution in [2.75, 3.05) is 39.6 Å². The molecule has 2 unspecified atom stereocenters. The maximum atomic E-state index is 13.1. The zero-order valence-electron chi connectivity index (χ0n) is 66.9. The van der Waals surface area contributed by atoms with Crippen LogP contribution in [0.2, 0.25) is 0 Å². The average molecular weight is 1550 g/mol. The van der Waals surface area contributed by atoms with E-state index in [0.29, 0.717) is 38.5 Å². The second-order valence-corrected chi connectivity index (χ2v) is 29.5. The fourth-order valence-corrected chi connectivity index (χ4v) is 11.7. The van der Waals surface area contributed by atoms with E-state index in [2.05, 4.69) is 180 Å². The van der Waals surface area contributed by atoms with Crippen molar-refractivity contribution >= 4 is 39.5 Å². The van der Waals surface area contributed by atoms with Gasteiger partial charge in [0.05, 0.1) is 26.4 Å². The molecular formula is C89H144O17P2. The fraction of sp³-hybridized carbons (Fsp3) is 0.618. The van der Waals surface area contributed by atoms with Crippen molar-refractivity contribution in [2.24, 2.45) is 0 Å². The molecule has 0 saturated carbocycles. The molecule has 612 valence electrons. The van der Waals surface area contributed by atoms with Gasteiger partial charge in [0.1, 0.15) is 19.3 Å². The largest absolute Gasteiger partial charge is 0.472 e. The van der Waals surface area contributed by atoms with Gasteiger partial charge in [-0.05, 0) is 173 Å². The van der Waals surface area contributed by atoms with Crippen molar-refractivity contribution in [3.63, 3.8) is 0 Å². The topological polar surface area (TPSA) is 237 Å². The number of phosphoric ester groups is 2. The van der Waals surface area contributed by atoms with Crippen molar-refractivity contribution < 1.29 is 80.2 Å². The molecule has 0 fully saturated rings. The number of allylic oxidation sites excluding steroid dienone is 30. The monoisotopic (exact) mass is 1550 g/mol. The Hall–Kier alpha value is -5.84. The van der Waals surface area contributed by atoms with E-state index in [0.717, 1.165) is 141 Å². The number of hydrogen-bond donors (Lipinski definition) is 3. The highest BCUT2D eigenvalue weighted by Gasteiger charge is 2.30. The fourth-order valence-electron chi connectivity index (χ4n) is 10.1. The van der Waals surface area contributed by atoms with E-state index in [9.17, 15) is 43.2 Å². The maximum absolute atomic E-state index is 13.1. The predicted molar refractivity (Wildman–Crippen MR) is 445 cm³/mol. The normalized spacial score (nSPS) is 14.8. The first-order valence-corrected chi connectivity index (χ1v) is 44.0. The molecule has 108 heavy (non-hydrogen) atoms. The summed E-state index contributed by atoms with van der Waals surface area (Å²) in [6.07, 6.45) is 96.0. The summed E-state index contributed by atoms with van der Waals surface area (Å²) in [5.74, 6) is -2.40. The van der Waals surface area contributed by atoms with Gasteiger partial charge in [-0.25, -0.2) is 9.13 Å². The lowest BCUT2D eigenvalue weighted by Crippen LogP contribution is -2.30. The summed E-state index contributed by atoms with van der Waals surface area (Å²) in [7, 11) is -10.0. The van der Waals surface area contributed by atoms with Crippen LogP contribution in [0, 0.1) is 0 Å². The lowest BCUT2D eigenvalue weighted by molar-refractivity contribution is -0.161. The number of phosphoric acid groups is 2. The Morgan fingerprint density at radius 3 is 0.861 bits per heavy atom. The Morgan fingerprint density at radius 1 is 0.269 bits per heavy atom. The molecule has 0 bridgehead atoms. The molecule has 0 heterocycles. The quantitative estimate of drug-likeness (QED) is 0.0169. The molecule has 0 spiro atoms. The zero-order valence-corrected chi connectivity index (χ0v) is 68.7. The number of aliphatic hydroxyl groups is 1. The van der Waals surface area contributed by atoms with Crippen LogP contribution in [0.3, 0.4) is 0 Å². The number of carbonyl (C=O) groups excluding carboxylic acids is 4. The smallest absolute Gasteiger partial charge is 0.462 e. The molecule has 3 N–H and O–H groups in total. The summed E-state index contributed by atoms with van der Waals surface area (Å²) >= 11 is 0. The Labute approximate surface area is 654 Å². The summed E-state index contributed by atoms with van der Waals surface area (Å²) in [6, 6.07) is 0. The number of rotatable bonds is 75. The standard InChI is InChI=1S/C89H144O17P2/c1-5-9-13-17-21-25-29-33-36-39-41-44-47-51-54-58-62-66-70-74-87(92)99-79-84(105-88(93)75-71-67-63-59-55-49-32-28-24-20-16-12-8-4)81-103-107(95,96)101-77-83(90)78-102-108(97,98)104-82-85(80-100-86(91)73-69-65-61-57-53-50-46-43-38-35-31-27-23-19-15-11-7-3)106-89(94)76-72-68-64-60-56-52-48-45-42-40-37-34-30-26-22-18-14-10-6-2/h10,14,21-23,25-28,32-38,41-42,44-46,50-52,54,56-57,61-62,66,83-85,90H,5-9,11-13,15-20,24,29-31,39-40,43,47-49,53,55,58-60,63-65,67-82H2,1-4H3,(H,95,96)(H,97,98)/b14-10-,25-21-,26-22-,27-23-,32-28-,36-33-,37-34-,38-35-,44-41-,45-42-,50-46-,54-51-,56-52-,61-57-,66-62-/t83-,84-,85-/m1/s1. The van der Waals surface area contributed by atoms with Crippen molar-refractivity contribution in [1.29, 1.82) is 0 Å². The van der Waals surface area contributed by atoms with Crippen LogP contribution in [-0.2, 0) is 65.4 Å². The number of unbranched alkanes of at least 4 members (excludes halogenated alkanes) is 19. The summed E-state index contributed by atoms with van der Waals surface area (Å²) in [5, 5.41) is 10.7. The first kappa shape index (κ1) is 102. The Morgan fingerprint density at radius 2 is 0.509 bits per heavy atom. The lowest BCUT2D eigenvalue weighted by atomic mass is 10.1. The van der Waals surface area contributed by atoms with Crippen LogP contribution in [0.15, 0.2) is 182 Å². The highest BCUT2D eigenvalue weighted by Crippen LogP contribution is 2.45. The van der Waals surface area contributed by atoms with Gasteiger partial charge in [0.25, 0.3) is 0 Å². The van der Waals surface area contributed by atoms with Gasteiger partial charge in [0.2, 0.25) is 0 Å². The summed E-state index contributed by atoms with van der Waals surface area (Å²) < 4.78 is 68.5. The molecule has 0 aliphatic rings. The van der Waals surface area contributed by atoms with E-state index in [1.165, 1.54) is 64.2 Å². The van der Waals surface area contributed by atoms with Gasteiger partial charge < -0.3 is 33.8 Å². The Bertz CT molecular complexity index is 2760. The number of hydrogen-bond acceptors (Lipinski definition) is 15. The maximum Gasteiger partial charge on any atom is 0.472 e. The second-order valence-electron chi connectivity index (χ2n) is 26.6. The molecule has 17 nitrogen and oxygen atoms in total. The van der Waals surface area contributed by atoms with Crippen LogP contribution in [0.4, 0.5) is 0 Å². The highest BCUT2D eigenvalue weighted by atomic mass is 31.2. The van der Waals surface area contributed by atoms with E-state index in [1.54, 1.807) is 0 Å². The molecule has 5 atom stereocenters. The molecule has 0 aromatic rings. The van der Waals surface area contributed by atoms with Crippen molar-refractivity contribution in [3.8, 4) is 0 Å². The molecular weight excluding hydrogens is 1400 g/mol. The van der Waals surface area contributed by atoms with Gasteiger partial charge in [0, 0.05) is 25.7 Å². The van der Waals surface area contributed by atoms with Gasteiger partial charge in [-0.3, -0.25) is 37.3 Å². The van der Waals surface area contributed by atoms with E-state index < -0.39 is 97.5 Å². The average Bonchev–Trinajstić information content (AvgIpc) is 0.909. The minimum absolute atomic E-state index is 0.0290. The van der Waals surface area contributed by atoms with Crippen molar-refractivity contribution in [2.45, 2.75) is 316 Å².